The van der Waals surface area contributed by atoms with Gasteiger partial charge in [-0.15, -0.1) is 0 Å². The van der Waals surface area contributed by atoms with Gasteiger partial charge in [-0.1, -0.05) is 23.2 Å². The maximum Gasteiger partial charge on any atom is 0.414 e. The Labute approximate surface area is 128 Å². The quantitative estimate of drug-likeness (QED) is 0.833. The minimum atomic E-state index is -4.70. The summed E-state index contributed by atoms with van der Waals surface area (Å²) in [5.41, 5.74) is 0. The Morgan fingerprint density at radius 3 is 2.38 bits per heavy atom. The number of carbonyl (C=O) groups is 1. The Morgan fingerprint density at radius 2 is 1.86 bits per heavy atom. The molecule has 0 heterocycles. The fraction of sp³-hybridized carbons (Fsp3) is 0.417. The fourth-order valence-electron chi connectivity index (χ4n) is 1.32. The first kappa shape index (κ1) is 17.9. The normalized spacial score (nSPS) is 12.9. The second-order valence-corrected chi connectivity index (χ2v) is 4.96. The molecule has 0 aliphatic rings. The summed E-state index contributed by atoms with van der Waals surface area (Å²) in [4.78, 5) is 11.4. The summed E-state index contributed by atoms with van der Waals surface area (Å²) in [7, 11) is 0. The fourth-order valence-corrected chi connectivity index (χ4v) is 1.83. The molecule has 1 rings (SSSR count). The lowest BCUT2D eigenvalue weighted by atomic mass is 10.2. The van der Waals surface area contributed by atoms with E-state index in [1.54, 1.807) is 0 Å². The molecular weight excluding hydrogens is 334 g/mol. The molecule has 0 unspecified atom stereocenters. The van der Waals surface area contributed by atoms with Gasteiger partial charge < -0.3 is 15.2 Å². The van der Waals surface area contributed by atoms with E-state index in [1.165, 1.54) is 18.2 Å². The van der Waals surface area contributed by atoms with E-state index < -0.39 is 31.2 Å². The lowest BCUT2D eigenvalue weighted by molar-refractivity contribution is -0.205. The van der Waals surface area contributed by atoms with Gasteiger partial charge in [0.1, 0.15) is 5.75 Å². The number of halogens is 5. The molecule has 2 N–H and O–H groups in total. The first-order chi connectivity index (χ1) is 9.68. The average molecular weight is 346 g/mol. The zero-order chi connectivity index (χ0) is 16.0. The highest BCUT2D eigenvalue weighted by Gasteiger charge is 2.37. The number of amides is 1. The minimum absolute atomic E-state index is 0.262. The number of ether oxygens (including phenoxy) is 1. The van der Waals surface area contributed by atoms with E-state index in [0.717, 1.165) is 0 Å². The summed E-state index contributed by atoms with van der Waals surface area (Å²) in [6.07, 6.45) is -7.79. The van der Waals surface area contributed by atoms with E-state index in [9.17, 15) is 18.0 Å². The third kappa shape index (κ3) is 6.88. The summed E-state index contributed by atoms with van der Waals surface area (Å²) in [5.74, 6) is -0.363. The van der Waals surface area contributed by atoms with Gasteiger partial charge in [-0.2, -0.15) is 13.2 Å². The van der Waals surface area contributed by atoms with E-state index in [0.29, 0.717) is 10.0 Å². The molecule has 0 saturated heterocycles. The van der Waals surface area contributed by atoms with Gasteiger partial charge in [0.25, 0.3) is 5.91 Å². The van der Waals surface area contributed by atoms with E-state index in [1.807, 2.05) is 0 Å². The zero-order valence-corrected chi connectivity index (χ0v) is 12.1. The highest BCUT2D eigenvalue weighted by atomic mass is 35.5. The van der Waals surface area contributed by atoms with Crippen molar-refractivity contribution in [1.82, 2.24) is 5.32 Å². The van der Waals surface area contributed by atoms with Crippen molar-refractivity contribution in [2.75, 3.05) is 13.2 Å². The van der Waals surface area contributed by atoms with Crippen molar-refractivity contribution in [2.45, 2.75) is 18.7 Å². The molecule has 0 aliphatic heterocycles. The van der Waals surface area contributed by atoms with Crippen LogP contribution in [0.5, 0.6) is 5.75 Å². The lowest BCUT2D eigenvalue weighted by Crippen LogP contribution is -2.35. The molecule has 21 heavy (non-hydrogen) atoms. The van der Waals surface area contributed by atoms with Crippen LogP contribution in [0.25, 0.3) is 0 Å². The van der Waals surface area contributed by atoms with Crippen LogP contribution in [0.3, 0.4) is 0 Å². The Morgan fingerprint density at radius 1 is 1.29 bits per heavy atom. The van der Waals surface area contributed by atoms with E-state index in [4.69, 9.17) is 33.0 Å². The van der Waals surface area contributed by atoms with Gasteiger partial charge in [0, 0.05) is 16.6 Å². The number of rotatable bonds is 6. The topological polar surface area (TPSA) is 58.6 Å². The van der Waals surface area contributed by atoms with Crippen molar-refractivity contribution in [2.24, 2.45) is 0 Å². The van der Waals surface area contributed by atoms with Gasteiger partial charge in [0.2, 0.25) is 0 Å². The van der Waals surface area contributed by atoms with Gasteiger partial charge >= 0.3 is 6.18 Å². The SMILES string of the molecule is O=C(COc1cc(Cl)cc(Cl)c1)NCC[C@@H](O)C(F)(F)F. The number of alkyl halides is 3. The summed E-state index contributed by atoms with van der Waals surface area (Å²) in [5, 5.41) is 11.6. The number of hydrogen-bond donors (Lipinski definition) is 2. The molecule has 118 valence electrons. The average Bonchev–Trinajstić information content (AvgIpc) is 2.34. The molecule has 4 nitrogen and oxygen atoms in total. The molecule has 1 aromatic rings. The predicted molar refractivity (Wildman–Crippen MR) is 71.6 cm³/mol. The minimum Gasteiger partial charge on any atom is -0.484 e. The molecule has 0 aliphatic carbocycles. The van der Waals surface area contributed by atoms with Crippen LogP contribution >= 0.6 is 23.2 Å². The molecule has 0 saturated carbocycles. The molecule has 0 fully saturated rings. The molecule has 0 radical (unpaired) electrons. The predicted octanol–water partition coefficient (Wildman–Crippen LogP) is 2.80. The third-order valence-electron chi connectivity index (χ3n) is 2.32. The van der Waals surface area contributed by atoms with Gasteiger partial charge in [-0.05, 0) is 24.6 Å². The number of aliphatic hydroxyl groups is 1. The van der Waals surface area contributed by atoms with Gasteiger partial charge in [0.15, 0.2) is 12.7 Å². The monoisotopic (exact) mass is 345 g/mol. The molecule has 0 spiro atoms. The summed E-state index contributed by atoms with van der Waals surface area (Å²) >= 11 is 11.5. The second-order valence-electron chi connectivity index (χ2n) is 4.09. The molecular formula is C12H12Cl2F3NO3. The van der Waals surface area contributed by atoms with E-state index >= 15 is 0 Å². The molecule has 0 aromatic heterocycles. The van der Waals surface area contributed by atoms with Crippen LogP contribution in [0.15, 0.2) is 18.2 Å². The molecule has 1 amide bonds. The van der Waals surface area contributed by atoms with Crippen molar-refractivity contribution in [3.05, 3.63) is 28.2 Å². The van der Waals surface area contributed by atoms with Crippen molar-refractivity contribution >= 4 is 29.1 Å². The maximum atomic E-state index is 12.0. The molecule has 9 heteroatoms. The van der Waals surface area contributed by atoms with Crippen LogP contribution in [-0.4, -0.2) is 36.4 Å². The van der Waals surface area contributed by atoms with Crippen LogP contribution < -0.4 is 10.1 Å². The second kappa shape index (κ2) is 7.72. The Balaban J connectivity index is 2.31. The lowest BCUT2D eigenvalue weighted by Gasteiger charge is -2.14. The number of aliphatic hydroxyl groups excluding tert-OH is 1. The van der Waals surface area contributed by atoms with Crippen LogP contribution in [0, 0.1) is 0 Å². The summed E-state index contributed by atoms with van der Waals surface area (Å²) in [6, 6.07) is 4.36. The van der Waals surface area contributed by atoms with E-state index in [-0.39, 0.29) is 12.3 Å². The van der Waals surface area contributed by atoms with Crippen LogP contribution in [0.1, 0.15) is 6.42 Å². The Bertz CT molecular complexity index is 477. The Hall–Kier alpha value is -1.18. The smallest absolute Gasteiger partial charge is 0.414 e. The van der Waals surface area contributed by atoms with Crippen molar-refractivity contribution < 1.29 is 27.8 Å². The van der Waals surface area contributed by atoms with Crippen LogP contribution in [-0.2, 0) is 4.79 Å². The highest BCUT2D eigenvalue weighted by molar-refractivity contribution is 6.34. The first-order valence-corrected chi connectivity index (χ1v) is 6.54. The Kier molecular flexibility index (Phi) is 6.57. The molecule has 1 aromatic carbocycles. The van der Waals surface area contributed by atoms with Gasteiger partial charge in [-0.3, -0.25) is 4.79 Å². The number of nitrogens with one attached hydrogen (secondary N) is 1. The van der Waals surface area contributed by atoms with Gasteiger partial charge in [-0.25, -0.2) is 0 Å². The first-order valence-electron chi connectivity index (χ1n) is 5.79. The van der Waals surface area contributed by atoms with Crippen molar-refractivity contribution in [1.29, 1.82) is 0 Å². The molecule has 1 atom stereocenters. The van der Waals surface area contributed by atoms with Crippen molar-refractivity contribution in [3.63, 3.8) is 0 Å². The van der Waals surface area contributed by atoms with Gasteiger partial charge in [0.05, 0.1) is 0 Å². The van der Waals surface area contributed by atoms with E-state index in [2.05, 4.69) is 5.32 Å². The number of hydrogen-bond acceptors (Lipinski definition) is 3. The largest absolute Gasteiger partial charge is 0.484 e. The van der Waals surface area contributed by atoms with Crippen molar-refractivity contribution in [3.8, 4) is 5.75 Å². The van der Waals surface area contributed by atoms with Crippen LogP contribution in [0.2, 0.25) is 10.0 Å². The number of carbonyl (C=O) groups excluding carboxylic acids is 1. The third-order valence-corrected chi connectivity index (χ3v) is 2.76. The zero-order valence-electron chi connectivity index (χ0n) is 10.6. The number of benzene rings is 1. The maximum absolute atomic E-state index is 12.0. The summed E-state index contributed by atoms with van der Waals surface area (Å²) in [6.45, 7) is -0.724. The standard InChI is InChI=1S/C12H12Cl2F3NO3/c13-7-3-8(14)5-9(4-7)21-6-11(20)18-2-1-10(19)12(15,16)17/h3-5,10,19H,1-2,6H2,(H,18,20)/t10-/m1/s1. The summed E-state index contributed by atoms with van der Waals surface area (Å²) < 4.78 is 41.1. The molecule has 0 bridgehead atoms. The van der Waals surface area contributed by atoms with Crippen LogP contribution in [0.4, 0.5) is 13.2 Å². The highest BCUT2D eigenvalue weighted by Crippen LogP contribution is 2.24.